The van der Waals surface area contributed by atoms with Crippen molar-refractivity contribution in [2.75, 3.05) is 24.9 Å². The lowest BCUT2D eigenvalue weighted by Crippen LogP contribution is -2.30. The lowest BCUT2D eigenvalue weighted by Gasteiger charge is -2.14. The largest absolute Gasteiger partial charge is 0.508 e. The number of thioether (sulfide) groups is 1. The van der Waals surface area contributed by atoms with Gasteiger partial charge in [-0.3, -0.25) is 14.4 Å². The molecule has 3 amide bonds. The third-order valence-electron chi connectivity index (χ3n) is 6.65. The second kappa shape index (κ2) is 14.6. The third-order valence-corrected chi connectivity index (χ3v) is 8.67. The Hall–Kier alpha value is -5.33. The second-order valence-corrected chi connectivity index (χ2v) is 12.3. The maximum absolute atomic E-state index is 13.5. The Morgan fingerprint density at radius 1 is 0.913 bits per heavy atom. The van der Waals surface area contributed by atoms with Gasteiger partial charge in [-0.05, 0) is 73.7 Å². The number of fused-ring (bicyclic) bond motifs is 1. The fourth-order valence-corrected chi connectivity index (χ4v) is 6.14. The summed E-state index contributed by atoms with van der Waals surface area (Å²) in [7, 11) is 3.04. The quantitative estimate of drug-likeness (QED) is 0.0930. The summed E-state index contributed by atoms with van der Waals surface area (Å²) < 4.78 is 11.5. The van der Waals surface area contributed by atoms with Gasteiger partial charge in [-0.25, -0.2) is 4.98 Å². The van der Waals surface area contributed by atoms with Crippen LogP contribution in [0.4, 0.5) is 10.8 Å². The fraction of sp³-hybridized carbons (Fsp3) is 0.118. The Balaban J connectivity index is 1.30. The SMILES string of the molecule is COc1ccc2nc(NC(=O)C(C)Sc3cccc(NC(=O)/C(=C\c4ccc(O)cc4OC)NC(=O)c4ccccc4)c3)sc2c1. The standard InChI is InChI=1S/C34H30N4O6S2/c1-20(31(40)38-34-37-27-15-14-25(43-2)19-30(27)46-34)45-26-11-7-10-23(17-26)35-33(42)28(36-32(41)21-8-5-4-6-9-21)16-22-12-13-24(39)18-29(22)44-3/h4-20,39H,1-3H3,(H,35,42)(H,36,41)(H,37,38,40)/b28-16+. The number of hydrogen-bond acceptors (Lipinski definition) is 9. The van der Waals surface area contributed by atoms with E-state index in [1.807, 2.05) is 24.3 Å². The summed E-state index contributed by atoms with van der Waals surface area (Å²) in [5, 5.41) is 18.3. The van der Waals surface area contributed by atoms with Crippen LogP contribution in [-0.2, 0) is 9.59 Å². The van der Waals surface area contributed by atoms with Crippen molar-refractivity contribution in [1.29, 1.82) is 0 Å². The first-order valence-electron chi connectivity index (χ1n) is 14.0. The second-order valence-electron chi connectivity index (χ2n) is 9.89. The van der Waals surface area contributed by atoms with E-state index >= 15 is 0 Å². The van der Waals surface area contributed by atoms with E-state index in [0.29, 0.717) is 33.4 Å². The highest BCUT2D eigenvalue weighted by Gasteiger charge is 2.19. The Labute approximate surface area is 273 Å². The number of phenolic OH excluding ortho intramolecular Hbond substituents is 1. The van der Waals surface area contributed by atoms with Crippen molar-refractivity contribution in [3.63, 3.8) is 0 Å². The number of aromatic hydroxyl groups is 1. The van der Waals surface area contributed by atoms with Crippen molar-refractivity contribution in [1.82, 2.24) is 10.3 Å². The number of aromatic nitrogens is 1. The molecule has 5 rings (SSSR count). The molecule has 0 aliphatic heterocycles. The summed E-state index contributed by atoms with van der Waals surface area (Å²) in [5.74, 6) is -0.258. The van der Waals surface area contributed by atoms with E-state index in [2.05, 4.69) is 20.9 Å². The summed E-state index contributed by atoms with van der Waals surface area (Å²) in [4.78, 5) is 44.8. The van der Waals surface area contributed by atoms with Crippen molar-refractivity contribution in [2.45, 2.75) is 17.1 Å². The minimum absolute atomic E-state index is 0.00806. The summed E-state index contributed by atoms with van der Waals surface area (Å²) >= 11 is 2.68. The van der Waals surface area contributed by atoms with Crippen molar-refractivity contribution in [3.8, 4) is 17.2 Å². The molecule has 1 aromatic heterocycles. The number of amides is 3. The maximum Gasteiger partial charge on any atom is 0.272 e. The predicted octanol–water partition coefficient (Wildman–Crippen LogP) is 6.55. The van der Waals surface area contributed by atoms with Crippen molar-refractivity contribution in [3.05, 3.63) is 108 Å². The van der Waals surface area contributed by atoms with E-state index in [-0.39, 0.29) is 17.4 Å². The Kier molecular flexibility index (Phi) is 10.2. The molecule has 4 aromatic carbocycles. The van der Waals surface area contributed by atoms with Crippen LogP contribution in [0.2, 0.25) is 0 Å². The first-order valence-corrected chi connectivity index (χ1v) is 15.7. The molecule has 46 heavy (non-hydrogen) atoms. The van der Waals surface area contributed by atoms with Gasteiger partial charge in [0.05, 0.1) is 29.7 Å². The monoisotopic (exact) mass is 654 g/mol. The van der Waals surface area contributed by atoms with E-state index in [1.54, 1.807) is 68.6 Å². The van der Waals surface area contributed by atoms with Crippen molar-refractivity contribution in [2.24, 2.45) is 0 Å². The average Bonchev–Trinajstić information content (AvgIpc) is 3.46. The van der Waals surface area contributed by atoms with Crippen LogP contribution in [0.3, 0.4) is 0 Å². The van der Waals surface area contributed by atoms with Gasteiger partial charge in [0.2, 0.25) is 5.91 Å². The number of carbonyl (C=O) groups excluding carboxylic acids is 3. The van der Waals surface area contributed by atoms with Crippen LogP contribution in [0.1, 0.15) is 22.8 Å². The molecule has 0 spiro atoms. The van der Waals surface area contributed by atoms with Gasteiger partial charge >= 0.3 is 0 Å². The molecule has 0 saturated carbocycles. The molecule has 4 N–H and O–H groups in total. The van der Waals surface area contributed by atoms with Crippen molar-refractivity contribution < 1.29 is 29.0 Å². The number of anilines is 2. The van der Waals surface area contributed by atoms with E-state index < -0.39 is 17.1 Å². The minimum atomic E-state index is -0.584. The zero-order valence-corrected chi connectivity index (χ0v) is 26.7. The molecule has 0 radical (unpaired) electrons. The molecule has 0 aliphatic rings. The molecule has 0 fully saturated rings. The molecule has 12 heteroatoms. The van der Waals surface area contributed by atoms with Gasteiger partial charge in [-0.2, -0.15) is 0 Å². The molecule has 1 heterocycles. The van der Waals surface area contributed by atoms with Gasteiger partial charge in [-0.1, -0.05) is 35.6 Å². The lowest BCUT2D eigenvalue weighted by molar-refractivity contribution is -0.115. The van der Waals surface area contributed by atoms with Crippen LogP contribution in [0.25, 0.3) is 16.3 Å². The lowest BCUT2D eigenvalue weighted by atomic mass is 10.1. The van der Waals surface area contributed by atoms with Gasteiger partial charge in [0.25, 0.3) is 11.8 Å². The summed E-state index contributed by atoms with van der Waals surface area (Å²) in [6.45, 7) is 1.78. The zero-order chi connectivity index (χ0) is 32.6. The summed E-state index contributed by atoms with van der Waals surface area (Å²) in [5.41, 5.74) is 2.02. The fourth-order valence-electron chi connectivity index (χ4n) is 4.31. The first kappa shape index (κ1) is 32.1. The summed E-state index contributed by atoms with van der Waals surface area (Å²) in [6, 6.07) is 25.5. The molecule has 0 bridgehead atoms. The van der Waals surface area contributed by atoms with E-state index in [0.717, 1.165) is 15.1 Å². The predicted molar refractivity (Wildman–Crippen MR) is 182 cm³/mol. The molecule has 0 aliphatic carbocycles. The number of thiazole rings is 1. The molecule has 234 valence electrons. The highest BCUT2D eigenvalue weighted by atomic mass is 32.2. The van der Waals surface area contributed by atoms with E-state index in [1.165, 1.54) is 48.4 Å². The smallest absolute Gasteiger partial charge is 0.272 e. The molecular formula is C34H30N4O6S2. The van der Waals surface area contributed by atoms with Crippen LogP contribution >= 0.6 is 23.1 Å². The van der Waals surface area contributed by atoms with E-state index in [4.69, 9.17) is 9.47 Å². The van der Waals surface area contributed by atoms with Gasteiger partial charge < -0.3 is 30.5 Å². The average molecular weight is 655 g/mol. The number of benzene rings is 4. The Morgan fingerprint density at radius 3 is 2.48 bits per heavy atom. The van der Waals surface area contributed by atoms with Gasteiger partial charge in [0.15, 0.2) is 5.13 Å². The Bertz CT molecular complexity index is 1930. The molecular weight excluding hydrogens is 625 g/mol. The van der Waals surface area contributed by atoms with Gasteiger partial charge in [0.1, 0.15) is 22.9 Å². The van der Waals surface area contributed by atoms with Crippen LogP contribution in [0, 0.1) is 0 Å². The number of hydrogen-bond donors (Lipinski definition) is 4. The number of nitrogens with zero attached hydrogens (tertiary/aromatic N) is 1. The van der Waals surface area contributed by atoms with E-state index in [9.17, 15) is 19.5 Å². The number of methoxy groups -OCH3 is 2. The van der Waals surface area contributed by atoms with Crippen LogP contribution in [0.15, 0.2) is 102 Å². The summed E-state index contributed by atoms with van der Waals surface area (Å²) in [6.07, 6.45) is 1.47. The normalized spacial score (nSPS) is 11.8. The molecule has 1 unspecified atom stereocenters. The number of carbonyl (C=O) groups is 3. The number of ether oxygens (including phenoxy) is 2. The minimum Gasteiger partial charge on any atom is -0.508 e. The number of rotatable bonds is 11. The van der Waals surface area contributed by atoms with Crippen LogP contribution < -0.4 is 25.4 Å². The number of phenols is 1. The van der Waals surface area contributed by atoms with Gasteiger partial charge in [-0.15, -0.1) is 11.8 Å². The zero-order valence-electron chi connectivity index (χ0n) is 25.1. The highest BCUT2D eigenvalue weighted by molar-refractivity contribution is 8.00. The van der Waals surface area contributed by atoms with Crippen LogP contribution in [-0.4, -0.2) is 47.3 Å². The third kappa shape index (κ3) is 8.03. The molecule has 10 nitrogen and oxygen atoms in total. The van der Waals surface area contributed by atoms with Crippen LogP contribution in [0.5, 0.6) is 17.2 Å². The molecule has 1 atom stereocenters. The Morgan fingerprint density at radius 2 is 1.72 bits per heavy atom. The van der Waals surface area contributed by atoms with Crippen molar-refractivity contribution >= 4 is 67.9 Å². The molecule has 0 saturated heterocycles. The first-order chi connectivity index (χ1) is 22.2. The topological polar surface area (TPSA) is 139 Å². The number of nitrogens with one attached hydrogen (secondary N) is 3. The van der Waals surface area contributed by atoms with Gasteiger partial charge in [0, 0.05) is 27.8 Å². The molecule has 5 aromatic rings. The highest BCUT2D eigenvalue weighted by Crippen LogP contribution is 2.31. The maximum atomic E-state index is 13.5.